The van der Waals surface area contributed by atoms with Crippen LogP contribution in [0.3, 0.4) is 0 Å². The SMILES string of the molecule is O=C1NCN(CC2CCCCC2)C12CCN([C@@H]1CCCC[C@]1(O)c1ccccc1)CC2. The van der Waals surface area contributed by atoms with Crippen molar-refractivity contribution in [1.82, 2.24) is 15.1 Å². The molecule has 1 amide bonds. The first kappa shape index (κ1) is 21.4. The van der Waals surface area contributed by atoms with Gasteiger partial charge in [-0.15, -0.1) is 0 Å². The average Bonchev–Trinajstić information content (AvgIpc) is 3.11. The van der Waals surface area contributed by atoms with Crippen LogP contribution >= 0.6 is 0 Å². The predicted molar refractivity (Wildman–Crippen MR) is 122 cm³/mol. The molecule has 1 spiro atoms. The summed E-state index contributed by atoms with van der Waals surface area (Å²) < 4.78 is 0. The van der Waals surface area contributed by atoms with Crippen molar-refractivity contribution in [2.24, 2.45) is 5.92 Å². The number of hydrogen-bond donors (Lipinski definition) is 2. The van der Waals surface area contributed by atoms with Crippen LogP contribution in [0.15, 0.2) is 30.3 Å². The molecule has 2 saturated heterocycles. The molecular formula is C26H39N3O2. The van der Waals surface area contributed by atoms with Crippen molar-refractivity contribution in [2.45, 2.75) is 87.8 Å². The minimum atomic E-state index is -0.774. The van der Waals surface area contributed by atoms with Gasteiger partial charge in [-0.1, -0.05) is 62.4 Å². The maximum absolute atomic E-state index is 13.0. The minimum absolute atomic E-state index is 0.150. The number of carbonyl (C=O) groups excluding carboxylic acids is 1. The third-order valence-electron chi connectivity index (χ3n) is 8.84. The van der Waals surface area contributed by atoms with E-state index in [0.717, 1.165) is 63.2 Å². The Hall–Kier alpha value is -1.43. The van der Waals surface area contributed by atoms with E-state index in [0.29, 0.717) is 6.67 Å². The molecule has 5 nitrogen and oxygen atoms in total. The topological polar surface area (TPSA) is 55.8 Å². The molecule has 1 aromatic carbocycles. The summed E-state index contributed by atoms with van der Waals surface area (Å²) in [5, 5.41) is 15.0. The van der Waals surface area contributed by atoms with Gasteiger partial charge in [0.15, 0.2) is 0 Å². The zero-order valence-electron chi connectivity index (χ0n) is 18.9. The standard InChI is InChI=1S/C26H39N3O2/c30-24-25(29(20-27-24)19-21-9-3-1-4-10-21)15-17-28(18-16-25)23-13-7-8-14-26(23,31)22-11-5-2-6-12-22/h2,5-6,11-12,21,23,31H,1,3-4,7-10,13-20H2,(H,27,30)/t23-,26+/m1/s1. The lowest BCUT2D eigenvalue weighted by molar-refractivity contribution is -0.133. The normalized spacial score (nSPS) is 32.9. The van der Waals surface area contributed by atoms with Crippen LogP contribution < -0.4 is 5.32 Å². The Morgan fingerprint density at radius 3 is 2.39 bits per heavy atom. The fraction of sp³-hybridized carbons (Fsp3) is 0.731. The van der Waals surface area contributed by atoms with Gasteiger partial charge in [-0.25, -0.2) is 0 Å². The number of nitrogens with zero attached hydrogens (tertiary/aromatic N) is 2. The molecule has 170 valence electrons. The molecule has 2 aliphatic heterocycles. The summed E-state index contributed by atoms with van der Waals surface area (Å²) in [5.74, 6) is 0.989. The van der Waals surface area contributed by atoms with Gasteiger partial charge in [0.05, 0.1) is 6.67 Å². The number of rotatable bonds is 4. The fourth-order valence-corrected chi connectivity index (χ4v) is 6.98. The van der Waals surface area contributed by atoms with Crippen LogP contribution in [0.5, 0.6) is 0 Å². The Balaban J connectivity index is 1.30. The summed E-state index contributed by atoms with van der Waals surface area (Å²) >= 11 is 0. The largest absolute Gasteiger partial charge is 0.384 e. The maximum Gasteiger partial charge on any atom is 0.241 e. The van der Waals surface area contributed by atoms with Crippen LogP contribution in [0.2, 0.25) is 0 Å². The summed E-state index contributed by atoms with van der Waals surface area (Å²) in [6.45, 7) is 3.58. The number of likely N-dealkylation sites (tertiary alicyclic amines) is 1. The fourth-order valence-electron chi connectivity index (χ4n) is 6.98. The van der Waals surface area contributed by atoms with Gasteiger partial charge in [-0.05, 0) is 50.0 Å². The molecule has 0 unspecified atom stereocenters. The first-order chi connectivity index (χ1) is 15.1. The highest BCUT2D eigenvalue weighted by atomic mass is 16.3. The Morgan fingerprint density at radius 2 is 1.65 bits per heavy atom. The van der Waals surface area contributed by atoms with Gasteiger partial charge in [0, 0.05) is 25.7 Å². The van der Waals surface area contributed by atoms with Crippen molar-refractivity contribution in [1.29, 1.82) is 0 Å². The van der Waals surface area contributed by atoms with Gasteiger partial charge in [-0.3, -0.25) is 14.6 Å². The first-order valence-corrected chi connectivity index (χ1v) is 12.7. The molecule has 0 bridgehead atoms. The van der Waals surface area contributed by atoms with E-state index in [4.69, 9.17) is 0 Å². The Kier molecular flexibility index (Phi) is 6.11. The van der Waals surface area contributed by atoms with Crippen LogP contribution in [0.25, 0.3) is 0 Å². The molecule has 5 rings (SSSR count). The molecule has 31 heavy (non-hydrogen) atoms. The van der Waals surface area contributed by atoms with Crippen LogP contribution in [0.4, 0.5) is 0 Å². The Labute approximate surface area is 187 Å². The highest BCUT2D eigenvalue weighted by molar-refractivity contribution is 5.88. The average molecular weight is 426 g/mol. The number of piperidine rings is 1. The molecular weight excluding hydrogens is 386 g/mol. The first-order valence-electron chi connectivity index (χ1n) is 12.7. The zero-order valence-corrected chi connectivity index (χ0v) is 18.9. The lowest BCUT2D eigenvalue weighted by atomic mass is 9.73. The Morgan fingerprint density at radius 1 is 0.935 bits per heavy atom. The van der Waals surface area contributed by atoms with E-state index in [1.807, 2.05) is 18.2 Å². The number of nitrogens with one attached hydrogen (secondary N) is 1. The quantitative estimate of drug-likeness (QED) is 0.774. The van der Waals surface area contributed by atoms with E-state index in [2.05, 4.69) is 27.2 Å². The van der Waals surface area contributed by atoms with Crippen LogP contribution in [-0.4, -0.2) is 58.7 Å². The molecule has 0 radical (unpaired) electrons. The lowest BCUT2D eigenvalue weighted by Crippen LogP contribution is -2.61. The lowest BCUT2D eigenvalue weighted by Gasteiger charge is -2.51. The number of carbonyl (C=O) groups is 1. The van der Waals surface area contributed by atoms with Gasteiger partial charge < -0.3 is 10.4 Å². The number of hydrogen-bond acceptors (Lipinski definition) is 4. The van der Waals surface area contributed by atoms with E-state index in [9.17, 15) is 9.90 Å². The second kappa shape index (κ2) is 8.84. The molecule has 4 fully saturated rings. The summed E-state index contributed by atoms with van der Waals surface area (Å²) in [7, 11) is 0. The van der Waals surface area contributed by atoms with Gasteiger partial charge in [-0.2, -0.15) is 0 Å². The Bertz CT molecular complexity index is 755. The summed E-state index contributed by atoms with van der Waals surface area (Å²) in [6.07, 6.45) is 12.6. The smallest absolute Gasteiger partial charge is 0.241 e. The second-order valence-electron chi connectivity index (χ2n) is 10.5. The van der Waals surface area contributed by atoms with Crippen molar-refractivity contribution in [3.63, 3.8) is 0 Å². The molecule has 2 aliphatic carbocycles. The van der Waals surface area contributed by atoms with E-state index in [-0.39, 0.29) is 17.5 Å². The number of benzene rings is 1. The molecule has 2 saturated carbocycles. The van der Waals surface area contributed by atoms with Gasteiger partial charge in [0.1, 0.15) is 11.1 Å². The van der Waals surface area contributed by atoms with Gasteiger partial charge in [0.2, 0.25) is 5.91 Å². The van der Waals surface area contributed by atoms with E-state index < -0.39 is 5.60 Å². The minimum Gasteiger partial charge on any atom is -0.384 e. The molecule has 2 heterocycles. The molecule has 4 aliphatic rings. The predicted octanol–water partition coefficient (Wildman–Crippen LogP) is 3.62. The van der Waals surface area contributed by atoms with E-state index in [1.54, 1.807) is 0 Å². The summed E-state index contributed by atoms with van der Waals surface area (Å²) in [4.78, 5) is 18.0. The summed E-state index contributed by atoms with van der Waals surface area (Å²) in [5.41, 5.74) is -0.0467. The van der Waals surface area contributed by atoms with Crippen molar-refractivity contribution in [2.75, 3.05) is 26.3 Å². The van der Waals surface area contributed by atoms with E-state index >= 15 is 0 Å². The molecule has 1 aromatic rings. The van der Waals surface area contributed by atoms with Crippen LogP contribution in [0, 0.1) is 5.92 Å². The molecule has 2 atom stereocenters. The summed E-state index contributed by atoms with van der Waals surface area (Å²) in [6, 6.07) is 10.4. The second-order valence-corrected chi connectivity index (χ2v) is 10.5. The van der Waals surface area contributed by atoms with Gasteiger partial charge in [0.25, 0.3) is 0 Å². The molecule has 5 heteroatoms. The van der Waals surface area contributed by atoms with Crippen LogP contribution in [-0.2, 0) is 10.4 Å². The highest BCUT2D eigenvalue weighted by Gasteiger charge is 2.53. The third kappa shape index (κ3) is 3.94. The van der Waals surface area contributed by atoms with Crippen molar-refractivity contribution in [3.8, 4) is 0 Å². The maximum atomic E-state index is 13.0. The molecule has 2 N–H and O–H groups in total. The number of aliphatic hydroxyl groups is 1. The monoisotopic (exact) mass is 425 g/mol. The van der Waals surface area contributed by atoms with Crippen molar-refractivity contribution >= 4 is 5.91 Å². The third-order valence-corrected chi connectivity index (χ3v) is 8.84. The van der Waals surface area contributed by atoms with Crippen LogP contribution in [0.1, 0.15) is 76.2 Å². The zero-order chi connectivity index (χ0) is 21.3. The highest BCUT2D eigenvalue weighted by Crippen LogP contribution is 2.43. The van der Waals surface area contributed by atoms with Crippen molar-refractivity contribution in [3.05, 3.63) is 35.9 Å². The molecule has 0 aromatic heterocycles. The number of amides is 1. The van der Waals surface area contributed by atoms with Gasteiger partial charge >= 0.3 is 0 Å². The van der Waals surface area contributed by atoms with E-state index in [1.165, 1.54) is 38.5 Å². The van der Waals surface area contributed by atoms with Crippen molar-refractivity contribution < 1.29 is 9.90 Å².